The average Bonchev–Trinajstić information content (AvgIpc) is 2.45. The summed E-state index contributed by atoms with van der Waals surface area (Å²) in [4.78, 5) is 11.9. The monoisotopic (exact) mass is 289 g/mol. The van der Waals surface area contributed by atoms with Crippen LogP contribution in [0.3, 0.4) is 0 Å². The van der Waals surface area contributed by atoms with E-state index in [2.05, 4.69) is 5.32 Å². The van der Waals surface area contributed by atoms with Gasteiger partial charge in [0.2, 0.25) is 5.91 Å². The lowest BCUT2D eigenvalue weighted by Crippen LogP contribution is -2.24. The predicted molar refractivity (Wildman–Crippen MR) is 80.0 cm³/mol. The smallest absolute Gasteiger partial charge is 0.224 e. The molecule has 2 aromatic rings. The number of carbonyl (C=O) groups is 1. The summed E-state index contributed by atoms with van der Waals surface area (Å²) in [6.07, 6.45) is 0.331. The van der Waals surface area contributed by atoms with E-state index in [0.29, 0.717) is 18.0 Å². The Kier molecular flexibility index (Phi) is 5.02. The van der Waals surface area contributed by atoms with Gasteiger partial charge in [-0.3, -0.25) is 4.79 Å². The zero-order valence-corrected chi connectivity index (χ0v) is 12.0. The number of hydrogen-bond acceptors (Lipinski definition) is 2. The highest BCUT2D eigenvalue weighted by molar-refractivity contribution is 6.30. The van der Waals surface area contributed by atoms with Crippen LogP contribution in [-0.4, -0.2) is 13.0 Å². The number of ether oxygens (including phenoxy) is 1. The van der Waals surface area contributed by atoms with Crippen molar-refractivity contribution in [2.24, 2.45) is 0 Å². The van der Waals surface area contributed by atoms with Gasteiger partial charge in [-0.2, -0.15) is 0 Å². The molecule has 0 radical (unpaired) electrons. The molecule has 0 aromatic heterocycles. The van der Waals surface area contributed by atoms with Crippen molar-refractivity contribution in [3.63, 3.8) is 0 Å². The fraction of sp³-hybridized carbons (Fsp3) is 0.188. The van der Waals surface area contributed by atoms with Gasteiger partial charge in [0.05, 0.1) is 13.5 Å². The normalized spacial score (nSPS) is 10.1. The second kappa shape index (κ2) is 6.96. The molecule has 2 rings (SSSR count). The minimum absolute atomic E-state index is 0.0294. The molecular weight excluding hydrogens is 274 g/mol. The maximum Gasteiger partial charge on any atom is 0.224 e. The summed E-state index contributed by atoms with van der Waals surface area (Å²) in [6.45, 7) is 0.476. The van der Waals surface area contributed by atoms with E-state index in [9.17, 15) is 4.79 Å². The lowest BCUT2D eigenvalue weighted by Gasteiger charge is -2.07. The largest absolute Gasteiger partial charge is 0.497 e. The van der Waals surface area contributed by atoms with Gasteiger partial charge < -0.3 is 10.1 Å². The SMILES string of the molecule is COc1cccc(CC(=O)NCc2cccc(Cl)c2)c1. The first-order valence-electron chi connectivity index (χ1n) is 6.31. The average molecular weight is 290 g/mol. The van der Waals surface area contributed by atoms with Crippen molar-refractivity contribution < 1.29 is 9.53 Å². The first-order chi connectivity index (χ1) is 9.67. The molecular formula is C16H16ClNO2. The molecule has 3 nitrogen and oxygen atoms in total. The first-order valence-corrected chi connectivity index (χ1v) is 6.69. The minimum atomic E-state index is -0.0294. The van der Waals surface area contributed by atoms with E-state index in [-0.39, 0.29) is 5.91 Å². The number of nitrogens with one attached hydrogen (secondary N) is 1. The van der Waals surface area contributed by atoms with Crippen molar-refractivity contribution in [2.75, 3.05) is 7.11 Å². The van der Waals surface area contributed by atoms with E-state index in [1.54, 1.807) is 7.11 Å². The molecule has 0 bridgehead atoms. The molecule has 104 valence electrons. The summed E-state index contributed by atoms with van der Waals surface area (Å²) >= 11 is 5.90. The topological polar surface area (TPSA) is 38.3 Å². The molecule has 0 heterocycles. The van der Waals surface area contributed by atoms with E-state index in [4.69, 9.17) is 16.3 Å². The van der Waals surface area contributed by atoms with E-state index in [1.807, 2.05) is 48.5 Å². The third kappa shape index (κ3) is 4.28. The van der Waals surface area contributed by atoms with E-state index in [1.165, 1.54) is 0 Å². The Balaban J connectivity index is 1.89. The van der Waals surface area contributed by atoms with Crippen LogP contribution in [0, 0.1) is 0 Å². The van der Waals surface area contributed by atoms with Crippen LogP contribution in [0.1, 0.15) is 11.1 Å². The zero-order chi connectivity index (χ0) is 14.4. The fourth-order valence-corrected chi connectivity index (χ4v) is 2.09. The van der Waals surface area contributed by atoms with E-state index >= 15 is 0 Å². The van der Waals surface area contributed by atoms with Gasteiger partial charge in [-0.25, -0.2) is 0 Å². The van der Waals surface area contributed by atoms with Gasteiger partial charge in [-0.15, -0.1) is 0 Å². The van der Waals surface area contributed by atoms with Gasteiger partial charge in [0.15, 0.2) is 0 Å². The molecule has 0 atom stereocenters. The van der Waals surface area contributed by atoms with Crippen LogP contribution in [0.25, 0.3) is 0 Å². The molecule has 2 aromatic carbocycles. The molecule has 0 aliphatic carbocycles. The second-order valence-electron chi connectivity index (χ2n) is 4.43. The van der Waals surface area contributed by atoms with E-state index in [0.717, 1.165) is 16.9 Å². The molecule has 0 spiro atoms. The number of carbonyl (C=O) groups excluding carboxylic acids is 1. The molecule has 0 fully saturated rings. The van der Waals surface area contributed by atoms with Gasteiger partial charge in [0, 0.05) is 11.6 Å². The van der Waals surface area contributed by atoms with Gasteiger partial charge in [0.1, 0.15) is 5.75 Å². The Hall–Kier alpha value is -2.00. The molecule has 0 aliphatic heterocycles. The number of benzene rings is 2. The van der Waals surface area contributed by atoms with Gasteiger partial charge in [-0.05, 0) is 35.4 Å². The van der Waals surface area contributed by atoms with Crippen LogP contribution < -0.4 is 10.1 Å². The maximum atomic E-state index is 11.9. The summed E-state index contributed by atoms with van der Waals surface area (Å²) in [6, 6.07) is 14.9. The lowest BCUT2D eigenvalue weighted by atomic mass is 10.1. The molecule has 20 heavy (non-hydrogen) atoms. The zero-order valence-electron chi connectivity index (χ0n) is 11.2. The molecule has 4 heteroatoms. The van der Waals surface area contributed by atoms with Crippen LogP contribution >= 0.6 is 11.6 Å². The van der Waals surface area contributed by atoms with Gasteiger partial charge in [-0.1, -0.05) is 35.9 Å². The van der Waals surface area contributed by atoms with Crippen molar-refractivity contribution >= 4 is 17.5 Å². The van der Waals surface area contributed by atoms with Crippen LogP contribution in [0.15, 0.2) is 48.5 Å². The predicted octanol–water partition coefficient (Wildman–Crippen LogP) is 3.21. The highest BCUT2D eigenvalue weighted by atomic mass is 35.5. The van der Waals surface area contributed by atoms with Crippen LogP contribution in [0.4, 0.5) is 0 Å². The number of halogens is 1. The van der Waals surface area contributed by atoms with Gasteiger partial charge >= 0.3 is 0 Å². The molecule has 1 amide bonds. The summed E-state index contributed by atoms with van der Waals surface area (Å²) in [7, 11) is 1.61. The van der Waals surface area contributed by atoms with Crippen molar-refractivity contribution in [1.82, 2.24) is 5.32 Å². The highest BCUT2D eigenvalue weighted by Crippen LogP contribution is 2.13. The Morgan fingerprint density at radius 2 is 1.90 bits per heavy atom. The standard InChI is InChI=1S/C16H16ClNO2/c1-20-15-7-3-4-12(9-15)10-16(19)18-11-13-5-2-6-14(17)8-13/h2-9H,10-11H2,1H3,(H,18,19). The number of rotatable bonds is 5. The number of methoxy groups -OCH3 is 1. The van der Waals surface area contributed by atoms with Crippen LogP contribution in [0.5, 0.6) is 5.75 Å². The Morgan fingerprint density at radius 3 is 2.65 bits per heavy atom. The minimum Gasteiger partial charge on any atom is -0.497 e. The lowest BCUT2D eigenvalue weighted by molar-refractivity contribution is -0.120. The maximum absolute atomic E-state index is 11.9. The second-order valence-corrected chi connectivity index (χ2v) is 4.87. The molecule has 0 saturated carbocycles. The quantitative estimate of drug-likeness (QED) is 0.918. The number of hydrogen-bond donors (Lipinski definition) is 1. The third-order valence-electron chi connectivity index (χ3n) is 2.88. The van der Waals surface area contributed by atoms with Crippen molar-refractivity contribution in [3.05, 3.63) is 64.7 Å². The van der Waals surface area contributed by atoms with Crippen LogP contribution in [0.2, 0.25) is 5.02 Å². The fourth-order valence-electron chi connectivity index (χ4n) is 1.88. The summed E-state index contributed by atoms with van der Waals surface area (Å²) in [5, 5.41) is 3.54. The summed E-state index contributed by atoms with van der Waals surface area (Å²) in [5.41, 5.74) is 1.91. The van der Waals surface area contributed by atoms with Crippen molar-refractivity contribution in [3.8, 4) is 5.75 Å². The van der Waals surface area contributed by atoms with Crippen molar-refractivity contribution in [1.29, 1.82) is 0 Å². The molecule has 1 N–H and O–H groups in total. The van der Waals surface area contributed by atoms with Crippen molar-refractivity contribution in [2.45, 2.75) is 13.0 Å². The molecule has 0 unspecified atom stereocenters. The number of amides is 1. The van der Waals surface area contributed by atoms with E-state index < -0.39 is 0 Å². The first kappa shape index (κ1) is 14.4. The molecule has 0 aliphatic rings. The highest BCUT2D eigenvalue weighted by Gasteiger charge is 2.04. The van der Waals surface area contributed by atoms with Gasteiger partial charge in [0.25, 0.3) is 0 Å². The Morgan fingerprint density at radius 1 is 1.15 bits per heavy atom. The molecule has 0 saturated heterocycles. The third-order valence-corrected chi connectivity index (χ3v) is 3.11. The Bertz CT molecular complexity index is 599. The van der Waals surface area contributed by atoms with Crippen LogP contribution in [-0.2, 0) is 17.8 Å². The summed E-state index contributed by atoms with van der Waals surface area (Å²) < 4.78 is 5.13. The Labute approximate surface area is 123 Å². The summed E-state index contributed by atoms with van der Waals surface area (Å²) in [5.74, 6) is 0.725.